The molecule has 6 nitrogen and oxygen atoms in total. The Morgan fingerprint density at radius 2 is 1.42 bits per heavy atom. The summed E-state index contributed by atoms with van der Waals surface area (Å²) in [6, 6.07) is 13.9. The van der Waals surface area contributed by atoms with Gasteiger partial charge in [0.2, 0.25) is 5.91 Å². The van der Waals surface area contributed by atoms with Crippen LogP contribution in [-0.4, -0.2) is 35.7 Å². The number of anilines is 2. The molecule has 0 atom stereocenters. The summed E-state index contributed by atoms with van der Waals surface area (Å²) < 4.78 is 0. The van der Waals surface area contributed by atoms with Crippen molar-refractivity contribution in [3.05, 3.63) is 59.7 Å². The first kappa shape index (κ1) is 22.5. The van der Waals surface area contributed by atoms with Crippen molar-refractivity contribution >= 4 is 29.1 Å². The van der Waals surface area contributed by atoms with Crippen LogP contribution in [-0.2, 0) is 4.79 Å². The third-order valence-corrected chi connectivity index (χ3v) is 5.79. The first-order valence-electron chi connectivity index (χ1n) is 11.1. The molecule has 2 aromatic rings. The molecule has 0 radical (unpaired) electrons. The highest BCUT2D eigenvalue weighted by Gasteiger charge is 2.21. The van der Waals surface area contributed by atoms with Gasteiger partial charge in [0.05, 0.1) is 0 Å². The number of rotatable bonds is 7. The van der Waals surface area contributed by atoms with E-state index in [2.05, 4.69) is 10.6 Å². The highest BCUT2D eigenvalue weighted by atomic mass is 16.2. The SMILES string of the molecule is CCN(CC)C(=O)c1cccc(NC(=O)c2cccc(NC(=O)C3CCCCC3)c2)c1. The number of nitrogens with zero attached hydrogens (tertiary/aromatic N) is 1. The highest BCUT2D eigenvalue weighted by molar-refractivity contribution is 6.06. The van der Waals surface area contributed by atoms with Crippen LogP contribution in [0.5, 0.6) is 0 Å². The third kappa shape index (κ3) is 5.94. The number of carbonyl (C=O) groups excluding carboxylic acids is 3. The van der Waals surface area contributed by atoms with Crippen molar-refractivity contribution in [2.24, 2.45) is 5.92 Å². The van der Waals surface area contributed by atoms with E-state index >= 15 is 0 Å². The lowest BCUT2D eigenvalue weighted by Crippen LogP contribution is -2.30. The molecule has 0 bridgehead atoms. The summed E-state index contributed by atoms with van der Waals surface area (Å²) in [6.45, 7) is 5.14. The van der Waals surface area contributed by atoms with E-state index in [1.165, 1.54) is 6.42 Å². The Kier molecular flexibility index (Phi) is 7.82. The first-order chi connectivity index (χ1) is 15.0. The largest absolute Gasteiger partial charge is 0.339 e. The molecule has 6 heteroatoms. The maximum absolute atomic E-state index is 12.8. The van der Waals surface area contributed by atoms with Crippen LogP contribution >= 0.6 is 0 Å². The zero-order valence-corrected chi connectivity index (χ0v) is 18.3. The molecule has 1 fully saturated rings. The van der Waals surface area contributed by atoms with E-state index in [-0.39, 0.29) is 23.6 Å². The van der Waals surface area contributed by atoms with Gasteiger partial charge in [-0.15, -0.1) is 0 Å². The molecule has 1 saturated carbocycles. The second-order valence-electron chi connectivity index (χ2n) is 7.92. The average molecular weight is 422 g/mol. The van der Waals surface area contributed by atoms with E-state index in [0.717, 1.165) is 25.7 Å². The standard InChI is InChI=1S/C25H31N3O3/c1-3-28(4-2)25(31)20-13-9-15-22(17-20)27-24(30)19-12-8-14-21(16-19)26-23(29)18-10-6-5-7-11-18/h8-9,12-18H,3-7,10-11H2,1-2H3,(H,26,29)(H,27,30). The first-order valence-corrected chi connectivity index (χ1v) is 11.1. The maximum Gasteiger partial charge on any atom is 0.255 e. The molecule has 0 spiro atoms. The fraction of sp³-hybridized carbons (Fsp3) is 0.400. The molecule has 164 valence electrons. The predicted octanol–water partition coefficient (Wildman–Crippen LogP) is 4.94. The maximum atomic E-state index is 12.8. The van der Waals surface area contributed by atoms with Gasteiger partial charge >= 0.3 is 0 Å². The average Bonchev–Trinajstić information content (AvgIpc) is 2.80. The van der Waals surface area contributed by atoms with Gasteiger partial charge in [-0.2, -0.15) is 0 Å². The molecule has 2 aromatic carbocycles. The van der Waals surface area contributed by atoms with Gasteiger partial charge in [-0.25, -0.2) is 0 Å². The normalized spacial score (nSPS) is 14.0. The molecular weight excluding hydrogens is 390 g/mol. The van der Waals surface area contributed by atoms with Crippen molar-refractivity contribution in [2.75, 3.05) is 23.7 Å². The van der Waals surface area contributed by atoms with Gasteiger partial charge in [0, 0.05) is 41.5 Å². The lowest BCUT2D eigenvalue weighted by Gasteiger charge is -2.20. The number of hydrogen-bond acceptors (Lipinski definition) is 3. The monoisotopic (exact) mass is 421 g/mol. The van der Waals surface area contributed by atoms with Crippen molar-refractivity contribution < 1.29 is 14.4 Å². The molecule has 2 N–H and O–H groups in total. The van der Waals surface area contributed by atoms with Gasteiger partial charge in [-0.3, -0.25) is 14.4 Å². The van der Waals surface area contributed by atoms with Crippen molar-refractivity contribution in [1.82, 2.24) is 4.90 Å². The Morgan fingerprint density at radius 1 is 0.839 bits per heavy atom. The number of nitrogens with one attached hydrogen (secondary N) is 2. The minimum Gasteiger partial charge on any atom is -0.339 e. The lowest BCUT2D eigenvalue weighted by molar-refractivity contribution is -0.120. The minimum atomic E-state index is -0.291. The lowest BCUT2D eigenvalue weighted by atomic mass is 9.88. The van der Waals surface area contributed by atoms with Crippen LogP contribution in [0.2, 0.25) is 0 Å². The summed E-state index contributed by atoms with van der Waals surface area (Å²) in [5.74, 6) is -0.271. The Balaban J connectivity index is 1.67. The van der Waals surface area contributed by atoms with Gasteiger partial charge in [0.15, 0.2) is 0 Å². The number of benzene rings is 2. The molecule has 0 saturated heterocycles. The van der Waals surface area contributed by atoms with E-state index in [0.29, 0.717) is 35.6 Å². The summed E-state index contributed by atoms with van der Waals surface area (Å²) in [4.78, 5) is 39.6. The van der Waals surface area contributed by atoms with E-state index in [1.54, 1.807) is 53.4 Å². The van der Waals surface area contributed by atoms with Crippen molar-refractivity contribution in [1.29, 1.82) is 0 Å². The number of amides is 3. The highest BCUT2D eigenvalue weighted by Crippen LogP contribution is 2.25. The van der Waals surface area contributed by atoms with E-state index in [9.17, 15) is 14.4 Å². The zero-order valence-electron chi connectivity index (χ0n) is 18.3. The molecule has 3 rings (SSSR count). The van der Waals surface area contributed by atoms with Crippen LogP contribution in [0.1, 0.15) is 66.7 Å². The molecule has 0 aliphatic heterocycles. The molecular formula is C25H31N3O3. The van der Waals surface area contributed by atoms with Crippen LogP contribution in [0.25, 0.3) is 0 Å². The van der Waals surface area contributed by atoms with Crippen molar-refractivity contribution in [3.63, 3.8) is 0 Å². The van der Waals surface area contributed by atoms with Gasteiger partial charge in [0.25, 0.3) is 11.8 Å². The predicted molar refractivity (Wildman–Crippen MR) is 123 cm³/mol. The molecule has 1 aliphatic rings. The van der Waals surface area contributed by atoms with E-state index in [1.807, 2.05) is 13.8 Å². The smallest absolute Gasteiger partial charge is 0.255 e. The molecule has 31 heavy (non-hydrogen) atoms. The summed E-state index contributed by atoms with van der Waals surface area (Å²) >= 11 is 0. The summed E-state index contributed by atoms with van der Waals surface area (Å²) in [6.07, 6.45) is 5.23. The second kappa shape index (κ2) is 10.8. The molecule has 0 heterocycles. The fourth-order valence-electron chi connectivity index (χ4n) is 3.97. The van der Waals surface area contributed by atoms with Crippen LogP contribution < -0.4 is 10.6 Å². The summed E-state index contributed by atoms with van der Waals surface area (Å²) in [5, 5.41) is 5.80. The third-order valence-electron chi connectivity index (χ3n) is 5.79. The Hall–Kier alpha value is -3.15. The van der Waals surface area contributed by atoms with Crippen molar-refractivity contribution in [2.45, 2.75) is 46.0 Å². The zero-order chi connectivity index (χ0) is 22.2. The van der Waals surface area contributed by atoms with Gasteiger partial charge < -0.3 is 15.5 Å². The van der Waals surface area contributed by atoms with E-state index < -0.39 is 0 Å². The minimum absolute atomic E-state index is 0.0277. The quantitative estimate of drug-likeness (QED) is 0.665. The van der Waals surface area contributed by atoms with Crippen LogP contribution in [0.3, 0.4) is 0 Å². The molecule has 0 unspecified atom stereocenters. The topological polar surface area (TPSA) is 78.5 Å². The fourth-order valence-corrected chi connectivity index (χ4v) is 3.97. The Labute approximate surface area is 184 Å². The van der Waals surface area contributed by atoms with Gasteiger partial charge in [-0.1, -0.05) is 31.4 Å². The summed E-state index contributed by atoms with van der Waals surface area (Å²) in [5.41, 5.74) is 2.16. The molecule has 1 aliphatic carbocycles. The number of hydrogen-bond donors (Lipinski definition) is 2. The number of carbonyl (C=O) groups is 3. The van der Waals surface area contributed by atoms with E-state index in [4.69, 9.17) is 0 Å². The second-order valence-corrected chi connectivity index (χ2v) is 7.92. The van der Waals surface area contributed by atoms with Crippen LogP contribution in [0.15, 0.2) is 48.5 Å². The van der Waals surface area contributed by atoms with Gasteiger partial charge in [-0.05, 0) is 63.1 Å². The summed E-state index contributed by atoms with van der Waals surface area (Å²) in [7, 11) is 0. The molecule has 0 aromatic heterocycles. The Morgan fingerprint density at radius 3 is 2.06 bits per heavy atom. The Bertz CT molecular complexity index is 931. The van der Waals surface area contributed by atoms with Gasteiger partial charge in [0.1, 0.15) is 0 Å². The van der Waals surface area contributed by atoms with Crippen LogP contribution in [0, 0.1) is 5.92 Å². The molecule has 3 amide bonds. The van der Waals surface area contributed by atoms with Crippen molar-refractivity contribution in [3.8, 4) is 0 Å². The van der Waals surface area contributed by atoms with Crippen LogP contribution in [0.4, 0.5) is 11.4 Å².